The molecule has 0 amide bonds. The Hall–Kier alpha value is -1.46. The molecule has 1 N–H and O–H groups in total. The summed E-state index contributed by atoms with van der Waals surface area (Å²) in [6.45, 7) is 0. The summed E-state index contributed by atoms with van der Waals surface area (Å²) in [4.78, 5) is 11.2. The molecule has 0 spiro atoms. The van der Waals surface area contributed by atoms with Gasteiger partial charge in [-0.1, -0.05) is 0 Å². The number of rotatable bonds is 2. The minimum absolute atomic E-state index is 0.00692. The highest BCUT2D eigenvalue weighted by molar-refractivity contribution is 5.83. The Morgan fingerprint density at radius 3 is 2.28 bits per heavy atom. The summed E-state index contributed by atoms with van der Waals surface area (Å²) in [5.74, 6) is 1.90. The van der Waals surface area contributed by atoms with Gasteiger partial charge in [-0.05, 0) is 66.2 Å². The molecule has 0 atom stereocenters. The molecule has 1 aromatic heterocycles. The van der Waals surface area contributed by atoms with Crippen LogP contribution in [0.1, 0.15) is 48.8 Å². The van der Waals surface area contributed by atoms with E-state index in [0.717, 1.165) is 11.8 Å². The lowest BCUT2D eigenvalue weighted by atomic mass is 9.54. The topological polar surface area (TPSA) is 80.9 Å². The lowest BCUT2D eigenvalue weighted by molar-refractivity contribution is -0.0354. The van der Waals surface area contributed by atoms with Gasteiger partial charge in [-0.15, -0.1) is 5.10 Å². The highest BCUT2D eigenvalue weighted by Crippen LogP contribution is 2.58. The summed E-state index contributed by atoms with van der Waals surface area (Å²) in [6, 6.07) is 0.221. The van der Waals surface area contributed by atoms with E-state index in [-0.39, 0.29) is 11.9 Å². The molecule has 1 aromatic rings. The maximum absolute atomic E-state index is 11.2. The van der Waals surface area contributed by atoms with Crippen molar-refractivity contribution in [1.29, 1.82) is 0 Å². The molecular formula is C12H16N4O2. The first-order chi connectivity index (χ1) is 8.72. The van der Waals surface area contributed by atoms with Crippen LogP contribution in [0, 0.1) is 23.7 Å². The second kappa shape index (κ2) is 3.52. The fourth-order valence-corrected chi connectivity index (χ4v) is 4.83. The average molecular weight is 248 g/mol. The smallest absolute Gasteiger partial charge is 0.375 e. The van der Waals surface area contributed by atoms with Crippen molar-refractivity contribution in [1.82, 2.24) is 20.2 Å². The standard InChI is InChI=1S/C12H16N4O2/c17-12(18)11-13-14-15-16(11)10-8-2-6-1-7(4-8)5-9(10)3-6/h6-10H,1-5H2,(H,17,18). The second-order valence-electron chi connectivity index (χ2n) is 6.17. The van der Waals surface area contributed by atoms with E-state index in [2.05, 4.69) is 15.5 Å². The summed E-state index contributed by atoms with van der Waals surface area (Å²) >= 11 is 0. The van der Waals surface area contributed by atoms with Crippen molar-refractivity contribution in [3.63, 3.8) is 0 Å². The number of carboxylic acids is 1. The van der Waals surface area contributed by atoms with E-state index in [0.29, 0.717) is 11.8 Å². The van der Waals surface area contributed by atoms with Gasteiger partial charge in [0, 0.05) is 0 Å². The van der Waals surface area contributed by atoms with Gasteiger partial charge in [0.2, 0.25) is 0 Å². The van der Waals surface area contributed by atoms with E-state index in [9.17, 15) is 4.79 Å². The van der Waals surface area contributed by atoms with Crippen LogP contribution in [0.3, 0.4) is 0 Å². The highest BCUT2D eigenvalue weighted by Gasteiger charge is 2.50. The number of aromatic carboxylic acids is 1. The van der Waals surface area contributed by atoms with Crippen molar-refractivity contribution >= 4 is 5.97 Å². The number of tetrazole rings is 1. The SMILES string of the molecule is O=C(O)c1nnnn1C1C2CC3CC(C2)CC1C3. The van der Waals surface area contributed by atoms with Gasteiger partial charge in [-0.3, -0.25) is 0 Å². The van der Waals surface area contributed by atoms with E-state index in [4.69, 9.17) is 5.11 Å². The van der Waals surface area contributed by atoms with Crippen molar-refractivity contribution in [2.75, 3.05) is 0 Å². The van der Waals surface area contributed by atoms with Crippen molar-refractivity contribution in [3.05, 3.63) is 5.82 Å². The van der Waals surface area contributed by atoms with E-state index in [1.807, 2.05) is 0 Å². The van der Waals surface area contributed by atoms with E-state index in [1.54, 1.807) is 4.68 Å². The van der Waals surface area contributed by atoms with Crippen LogP contribution >= 0.6 is 0 Å². The summed E-state index contributed by atoms with van der Waals surface area (Å²) in [5.41, 5.74) is 0. The molecule has 0 saturated heterocycles. The molecule has 1 heterocycles. The quantitative estimate of drug-likeness (QED) is 0.854. The van der Waals surface area contributed by atoms with Gasteiger partial charge in [0.25, 0.3) is 5.82 Å². The first-order valence-electron chi connectivity index (χ1n) is 6.73. The number of hydrogen-bond donors (Lipinski definition) is 1. The Morgan fingerprint density at radius 1 is 1.11 bits per heavy atom. The fraction of sp³-hybridized carbons (Fsp3) is 0.833. The molecule has 4 aliphatic carbocycles. The molecule has 4 fully saturated rings. The Labute approximate surface area is 104 Å². The Bertz CT molecular complexity index is 470. The van der Waals surface area contributed by atoms with Crippen molar-refractivity contribution in [3.8, 4) is 0 Å². The van der Waals surface area contributed by atoms with Gasteiger partial charge in [0.05, 0.1) is 6.04 Å². The molecule has 0 radical (unpaired) electrons. The molecule has 6 heteroatoms. The number of nitrogens with zero attached hydrogens (tertiary/aromatic N) is 4. The molecule has 4 saturated carbocycles. The van der Waals surface area contributed by atoms with E-state index in [1.165, 1.54) is 32.1 Å². The minimum atomic E-state index is -1.02. The molecule has 18 heavy (non-hydrogen) atoms. The molecule has 0 unspecified atom stereocenters. The highest BCUT2D eigenvalue weighted by atomic mass is 16.4. The third-order valence-electron chi connectivity index (χ3n) is 5.14. The van der Waals surface area contributed by atoms with Crippen molar-refractivity contribution in [2.45, 2.75) is 38.1 Å². The Balaban J connectivity index is 1.72. The predicted molar refractivity (Wildman–Crippen MR) is 60.9 cm³/mol. The van der Waals surface area contributed by atoms with Gasteiger partial charge in [-0.25, -0.2) is 9.48 Å². The molecule has 96 valence electrons. The second-order valence-corrected chi connectivity index (χ2v) is 6.17. The molecule has 4 bridgehead atoms. The molecular weight excluding hydrogens is 232 g/mol. The van der Waals surface area contributed by atoms with Crippen molar-refractivity contribution in [2.24, 2.45) is 23.7 Å². The maximum atomic E-state index is 11.2. The zero-order valence-corrected chi connectivity index (χ0v) is 10.1. The van der Waals surface area contributed by atoms with E-state index < -0.39 is 5.97 Å². The van der Waals surface area contributed by atoms with Crippen LogP contribution in [0.15, 0.2) is 0 Å². The minimum Gasteiger partial charge on any atom is -0.475 e. The summed E-state index contributed by atoms with van der Waals surface area (Å²) in [7, 11) is 0. The fourth-order valence-electron chi connectivity index (χ4n) is 4.83. The average Bonchev–Trinajstić information content (AvgIpc) is 2.76. The van der Waals surface area contributed by atoms with Gasteiger partial charge in [0.1, 0.15) is 0 Å². The van der Waals surface area contributed by atoms with Gasteiger partial charge < -0.3 is 5.11 Å². The number of hydrogen-bond acceptors (Lipinski definition) is 4. The van der Waals surface area contributed by atoms with Gasteiger partial charge in [-0.2, -0.15) is 0 Å². The normalized spacial score (nSPS) is 41.2. The molecule has 0 aliphatic heterocycles. The maximum Gasteiger partial charge on any atom is 0.375 e. The summed E-state index contributed by atoms with van der Waals surface area (Å²) in [6.07, 6.45) is 6.32. The summed E-state index contributed by atoms with van der Waals surface area (Å²) in [5, 5.41) is 20.3. The first kappa shape index (κ1) is 10.5. The lowest BCUT2D eigenvalue weighted by Crippen LogP contribution is -2.46. The van der Waals surface area contributed by atoms with Crippen LogP contribution in [0.5, 0.6) is 0 Å². The number of aromatic nitrogens is 4. The summed E-state index contributed by atoms with van der Waals surface area (Å²) < 4.78 is 1.59. The predicted octanol–water partition coefficient (Wildman–Crippen LogP) is 1.37. The zero-order chi connectivity index (χ0) is 12.3. The van der Waals surface area contributed by atoms with Crippen LogP contribution < -0.4 is 0 Å². The van der Waals surface area contributed by atoms with Crippen LogP contribution in [0.4, 0.5) is 0 Å². The zero-order valence-electron chi connectivity index (χ0n) is 10.1. The number of carbonyl (C=O) groups is 1. The largest absolute Gasteiger partial charge is 0.475 e. The third-order valence-corrected chi connectivity index (χ3v) is 5.14. The monoisotopic (exact) mass is 248 g/mol. The van der Waals surface area contributed by atoms with Crippen LogP contribution in [-0.4, -0.2) is 31.3 Å². The van der Waals surface area contributed by atoms with Crippen LogP contribution in [0.25, 0.3) is 0 Å². The van der Waals surface area contributed by atoms with E-state index >= 15 is 0 Å². The van der Waals surface area contributed by atoms with Gasteiger partial charge >= 0.3 is 5.97 Å². The van der Waals surface area contributed by atoms with Gasteiger partial charge in [0.15, 0.2) is 0 Å². The molecule has 6 nitrogen and oxygen atoms in total. The number of carboxylic acid groups (broad SMARTS) is 1. The van der Waals surface area contributed by atoms with Crippen molar-refractivity contribution < 1.29 is 9.90 Å². The lowest BCUT2D eigenvalue weighted by Gasteiger charge is -2.54. The molecule has 0 aromatic carbocycles. The van der Waals surface area contributed by atoms with Crippen LogP contribution in [-0.2, 0) is 0 Å². The third kappa shape index (κ3) is 1.34. The van der Waals surface area contributed by atoms with Crippen LogP contribution in [0.2, 0.25) is 0 Å². The Morgan fingerprint density at radius 2 is 1.72 bits per heavy atom. The molecule has 4 aliphatic rings. The Kier molecular flexibility index (Phi) is 2.05. The molecule has 5 rings (SSSR count). The first-order valence-corrected chi connectivity index (χ1v) is 6.73.